The summed E-state index contributed by atoms with van der Waals surface area (Å²) in [6.45, 7) is 0. The number of rotatable bonds is 6. The minimum absolute atomic E-state index is 0.0101. The van der Waals surface area contributed by atoms with Gasteiger partial charge in [-0.3, -0.25) is 4.79 Å². The number of nitrogens with two attached hydrogens (primary N) is 1. The van der Waals surface area contributed by atoms with E-state index in [0.717, 1.165) is 23.2 Å². The molecule has 0 atom stereocenters. The number of carbonyl (C=O) groups is 2. The number of nitrogens with zero attached hydrogens (tertiary/aromatic N) is 3. The summed E-state index contributed by atoms with van der Waals surface area (Å²) in [5, 5.41) is 20.3. The standard InChI is InChI=1S/C25H18FN5O6S/c1-38(35,36)21-5-3-2-4-16(21)15-8-6-13(10-19(15)26)29-24(32)22-18(25(33)34)12-28-31(22)14-7-9-20-17(11-14)23(27)30-37-20/h2-12H,1H3,(H2,27,30)(H,29,32)(H,33,34). The van der Waals surface area contributed by atoms with Crippen molar-refractivity contribution in [2.45, 2.75) is 4.90 Å². The third kappa shape index (κ3) is 4.35. The number of carbonyl (C=O) groups excluding carboxylic acids is 1. The number of anilines is 2. The van der Waals surface area contributed by atoms with E-state index < -0.39 is 27.5 Å². The highest BCUT2D eigenvalue weighted by molar-refractivity contribution is 7.90. The highest BCUT2D eigenvalue weighted by atomic mass is 32.2. The molecular formula is C25H18FN5O6S. The first-order chi connectivity index (χ1) is 18.0. The first-order valence-corrected chi connectivity index (χ1v) is 12.8. The molecule has 0 radical (unpaired) electrons. The van der Waals surface area contributed by atoms with E-state index in [1.54, 1.807) is 12.1 Å². The van der Waals surface area contributed by atoms with Gasteiger partial charge in [0.2, 0.25) is 0 Å². The number of hydrogen-bond donors (Lipinski definition) is 3. The molecule has 0 bridgehead atoms. The molecule has 4 N–H and O–H groups in total. The number of benzene rings is 3. The molecule has 0 fully saturated rings. The van der Waals surface area contributed by atoms with Crippen molar-refractivity contribution in [2.75, 3.05) is 17.3 Å². The Morgan fingerprint density at radius 1 is 1.08 bits per heavy atom. The van der Waals surface area contributed by atoms with E-state index in [0.29, 0.717) is 16.7 Å². The maximum absolute atomic E-state index is 15.1. The van der Waals surface area contributed by atoms with Gasteiger partial charge in [0, 0.05) is 23.1 Å². The van der Waals surface area contributed by atoms with Gasteiger partial charge in [0.25, 0.3) is 5.91 Å². The Hall–Kier alpha value is -5.04. The van der Waals surface area contributed by atoms with Crippen LogP contribution in [0.4, 0.5) is 15.9 Å². The molecule has 13 heteroatoms. The Bertz CT molecular complexity index is 1860. The summed E-state index contributed by atoms with van der Waals surface area (Å²) < 4.78 is 45.6. The molecule has 2 heterocycles. The van der Waals surface area contributed by atoms with Crippen LogP contribution in [0.2, 0.25) is 0 Å². The van der Waals surface area contributed by atoms with Crippen molar-refractivity contribution >= 4 is 44.2 Å². The van der Waals surface area contributed by atoms with Crippen LogP contribution in [0.25, 0.3) is 27.8 Å². The van der Waals surface area contributed by atoms with Gasteiger partial charge >= 0.3 is 5.97 Å². The minimum Gasteiger partial charge on any atom is -0.478 e. The number of aromatic carboxylic acids is 1. The predicted molar refractivity (Wildman–Crippen MR) is 135 cm³/mol. The van der Waals surface area contributed by atoms with E-state index in [-0.39, 0.29) is 38.8 Å². The maximum Gasteiger partial charge on any atom is 0.339 e. The number of hydrogen-bond acceptors (Lipinski definition) is 8. The fraction of sp³-hybridized carbons (Fsp3) is 0.0400. The quantitative estimate of drug-likeness (QED) is 0.293. The molecule has 3 aromatic carbocycles. The van der Waals surface area contributed by atoms with Crippen LogP contribution in [0.1, 0.15) is 20.8 Å². The number of aromatic nitrogens is 3. The monoisotopic (exact) mass is 535 g/mol. The number of fused-ring (bicyclic) bond motifs is 1. The van der Waals surface area contributed by atoms with E-state index in [2.05, 4.69) is 15.6 Å². The summed E-state index contributed by atoms with van der Waals surface area (Å²) in [5.41, 5.74) is 5.98. The first-order valence-electron chi connectivity index (χ1n) is 10.9. The summed E-state index contributed by atoms with van der Waals surface area (Å²) in [5.74, 6) is -2.96. The number of carboxylic acid groups (broad SMARTS) is 1. The van der Waals surface area contributed by atoms with Crippen molar-refractivity contribution in [1.82, 2.24) is 14.9 Å². The fourth-order valence-electron chi connectivity index (χ4n) is 4.01. The fourth-order valence-corrected chi connectivity index (χ4v) is 4.91. The van der Waals surface area contributed by atoms with E-state index in [1.807, 2.05) is 0 Å². The molecule has 0 unspecified atom stereocenters. The lowest BCUT2D eigenvalue weighted by Crippen LogP contribution is -2.20. The molecular weight excluding hydrogens is 517 g/mol. The van der Waals surface area contributed by atoms with Crippen LogP contribution >= 0.6 is 0 Å². The van der Waals surface area contributed by atoms with Crippen LogP contribution in [0.3, 0.4) is 0 Å². The largest absolute Gasteiger partial charge is 0.478 e. The first kappa shape index (κ1) is 24.6. The highest BCUT2D eigenvalue weighted by Gasteiger charge is 2.25. The lowest BCUT2D eigenvalue weighted by Gasteiger charge is -2.12. The van der Waals surface area contributed by atoms with Crippen molar-refractivity contribution in [3.8, 4) is 16.8 Å². The molecule has 1 amide bonds. The summed E-state index contributed by atoms with van der Waals surface area (Å²) in [7, 11) is -3.63. The third-order valence-electron chi connectivity index (χ3n) is 5.74. The molecule has 5 aromatic rings. The number of halogens is 1. The predicted octanol–water partition coefficient (Wildman–Crippen LogP) is 3.76. The Balaban J connectivity index is 1.52. The van der Waals surface area contributed by atoms with Gasteiger partial charge in [-0.15, -0.1) is 0 Å². The summed E-state index contributed by atoms with van der Waals surface area (Å²) in [4.78, 5) is 25.0. The van der Waals surface area contributed by atoms with Gasteiger partial charge in [0.1, 0.15) is 17.1 Å². The molecule has 0 aliphatic carbocycles. The van der Waals surface area contributed by atoms with Crippen LogP contribution in [0.15, 0.2) is 76.3 Å². The number of amides is 1. The van der Waals surface area contributed by atoms with Gasteiger partial charge in [-0.05, 0) is 42.5 Å². The zero-order valence-corrected chi connectivity index (χ0v) is 20.4. The second kappa shape index (κ2) is 9.12. The molecule has 0 saturated carbocycles. The maximum atomic E-state index is 15.1. The van der Waals surface area contributed by atoms with E-state index in [4.69, 9.17) is 10.3 Å². The topological polar surface area (TPSA) is 170 Å². The number of carboxylic acids is 1. The van der Waals surface area contributed by atoms with E-state index in [1.165, 1.54) is 42.5 Å². The summed E-state index contributed by atoms with van der Waals surface area (Å²) in [6.07, 6.45) is 2.04. The Labute approximate surface area is 214 Å². The van der Waals surface area contributed by atoms with Gasteiger partial charge in [-0.2, -0.15) is 5.10 Å². The van der Waals surface area contributed by atoms with Gasteiger partial charge in [0.15, 0.2) is 21.2 Å². The van der Waals surface area contributed by atoms with Crippen molar-refractivity contribution < 1.29 is 32.0 Å². The van der Waals surface area contributed by atoms with Crippen LogP contribution in [0.5, 0.6) is 0 Å². The zero-order valence-electron chi connectivity index (χ0n) is 19.5. The van der Waals surface area contributed by atoms with Crippen molar-refractivity contribution in [2.24, 2.45) is 0 Å². The molecule has 0 saturated heterocycles. The van der Waals surface area contributed by atoms with Crippen LogP contribution in [-0.4, -0.2) is 46.6 Å². The van der Waals surface area contributed by atoms with Crippen LogP contribution in [0, 0.1) is 5.82 Å². The molecule has 11 nitrogen and oxygen atoms in total. The van der Waals surface area contributed by atoms with Gasteiger partial charge in [0.05, 0.1) is 22.2 Å². The average Bonchev–Trinajstić information content (AvgIpc) is 3.48. The second-order valence-electron chi connectivity index (χ2n) is 8.29. The highest BCUT2D eigenvalue weighted by Crippen LogP contribution is 2.31. The Morgan fingerprint density at radius 3 is 2.55 bits per heavy atom. The lowest BCUT2D eigenvalue weighted by molar-refractivity contribution is 0.0692. The molecule has 0 aliphatic heterocycles. The van der Waals surface area contributed by atoms with E-state index in [9.17, 15) is 23.1 Å². The second-order valence-corrected chi connectivity index (χ2v) is 10.3. The molecule has 5 rings (SSSR count). The van der Waals surface area contributed by atoms with Gasteiger partial charge < -0.3 is 20.7 Å². The summed E-state index contributed by atoms with van der Waals surface area (Å²) in [6, 6.07) is 14.3. The normalized spacial score (nSPS) is 11.5. The number of sulfone groups is 1. The number of nitrogens with one attached hydrogen (secondary N) is 1. The number of nitrogen functional groups attached to an aromatic ring is 1. The lowest BCUT2D eigenvalue weighted by atomic mass is 10.0. The molecule has 192 valence electrons. The molecule has 0 aliphatic rings. The Kier molecular flexibility index (Phi) is 5.91. The molecule has 38 heavy (non-hydrogen) atoms. The Morgan fingerprint density at radius 2 is 1.84 bits per heavy atom. The van der Waals surface area contributed by atoms with E-state index >= 15 is 4.39 Å². The van der Waals surface area contributed by atoms with Gasteiger partial charge in [-0.25, -0.2) is 22.3 Å². The van der Waals surface area contributed by atoms with Crippen molar-refractivity contribution in [1.29, 1.82) is 0 Å². The third-order valence-corrected chi connectivity index (χ3v) is 6.90. The van der Waals surface area contributed by atoms with Crippen molar-refractivity contribution in [3.63, 3.8) is 0 Å². The SMILES string of the molecule is CS(=O)(=O)c1ccccc1-c1ccc(NC(=O)c2c(C(=O)O)cnn2-c2ccc3onc(N)c3c2)cc1F. The molecule has 0 spiro atoms. The average molecular weight is 536 g/mol. The minimum atomic E-state index is -3.63. The van der Waals surface area contributed by atoms with Crippen molar-refractivity contribution in [3.05, 3.63) is 83.9 Å². The van der Waals surface area contributed by atoms with Crippen LogP contribution < -0.4 is 11.1 Å². The zero-order chi connectivity index (χ0) is 27.2. The smallest absolute Gasteiger partial charge is 0.339 e. The van der Waals surface area contributed by atoms with Gasteiger partial charge in [-0.1, -0.05) is 23.4 Å². The summed E-state index contributed by atoms with van der Waals surface area (Å²) >= 11 is 0. The molecule has 2 aromatic heterocycles. The van der Waals surface area contributed by atoms with Crippen LogP contribution in [-0.2, 0) is 9.84 Å².